The summed E-state index contributed by atoms with van der Waals surface area (Å²) in [6.07, 6.45) is 0. The van der Waals surface area contributed by atoms with Crippen LogP contribution >= 0.6 is 0 Å². The van der Waals surface area contributed by atoms with Crippen molar-refractivity contribution < 1.29 is 4.39 Å². The van der Waals surface area contributed by atoms with Gasteiger partial charge in [-0.05, 0) is 43.3 Å². The molecule has 0 heterocycles. The van der Waals surface area contributed by atoms with Crippen molar-refractivity contribution in [2.75, 3.05) is 4.90 Å². The largest absolute Gasteiger partial charge is 0.288 e. The molecule has 2 aromatic carbocycles. The van der Waals surface area contributed by atoms with Crippen LogP contribution in [-0.2, 0) is 0 Å². The maximum atomic E-state index is 12.9. The number of amidine groups is 2. The van der Waals surface area contributed by atoms with Crippen LogP contribution in [0.3, 0.4) is 0 Å². The molecule has 0 bridgehead atoms. The first kappa shape index (κ1) is 13.0. The predicted octanol–water partition coefficient (Wildman–Crippen LogP) is 3.65. The lowest BCUT2D eigenvalue weighted by molar-refractivity contribution is 0.628. The zero-order valence-corrected chi connectivity index (χ0v) is 10.5. The molecular weight excluding hydrogens is 241 g/mol. The van der Waals surface area contributed by atoms with Gasteiger partial charge in [0.25, 0.3) is 0 Å². The summed E-state index contributed by atoms with van der Waals surface area (Å²) in [7, 11) is 0. The van der Waals surface area contributed by atoms with Crippen molar-refractivity contribution in [3.8, 4) is 0 Å². The number of rotatable bonds is 2. The molecule has 0 aliphatic heterocycles. The molecule has 0 aliphatic carbocycles. The van der Waals surface area contributed by atoms with Crippen LogP contribution in [0.5, 0.6) is 0 Å². The van der Waals surface area contributed by atoms with Gasteiger partial charge >= 0.3 is 0 Å². The Morgan fingerprint density at radius 2 is 1.53 bits per heavy atom. The van der Waals surface area contributed by atoms with Gasteiger partial charge in [0.2, 0.25) is 0 Å². The highest BCUT2D eigenvalue weighted by Gasteiger charge is 2.15. The molecule has 3 nitrogen and oxygen atoms in total. The highest BCUT2D eigenvalue weighted by Crippen LogP contribution is 2.17. The van der Waals surface area contributed by atoms with Gasteiger partial charge in [-0.15, -0.1) is 0 Å². The zero-order valence-electron chi connectivity index (χ0n) is 10.5. The van der Waals surface area contributed by atoms with Crippen molar-refractivity contribution in [1.82, 2.24) is 0 Å². The maximum Gasteiger partial charge on any atom is 0.138 e. The minimum absolute atomic E-state index is 0.152. The van der Waals surface area contributed by atoms with Crippen LogP contribution in [0.15, 0.2) is 54.6 Å². The SMILES string of the molecule is CC(=N)N(C(=N)c1ccc(F)cc1)c1ccccc1. The molecule has 0 atom stereocenters. The second kappa shape index (κ2) is 5.44. The van der Waals surface area contributed by atoms with Crippen LogP contribution in [0.4, 0.5) is 10.1 Å². The molecule has 2 aromatic rings. The van der Waals surface area contributed by atoms with Crippen molar-refractivity contribution in [3.05, 3.63) is 66.0 Å². The summed E-state index contributed by atoms with van der Waals surface area (Å²) in [5.74, 6) is 0.0496. The Balaban J connectivity index is 2.38. The van der Waals surface area contributed by atoms with Gasteiger partial charge in [0, 0.05) is 11.3 Å². The van der Waals surface area contributed by atoms with Gasteiger partial charge in [-0.25, -0.2) is 4.39 Å². The number of nitrogens with one attached hydrogen (secondary N) is 2. The normalized spacial score (nSPS) is 10.0. The lowest BCUT2D eigenvalue weighted by Gasteiger charge is -2.24. The third-order valence-electron chi connectivity index (χ3n) is 2.69. The quantitative estimate of drug-likeness (QED) is 0.624. The average Bonchev–Trinajstić information content (AvgIpc) is 2.40. The fraction of sp³-hybridized carbons (Fsp3) is 0.0667. The van der Waals surface area contributed by atoms with E-state index in [0.717, 1.165) is 5.69 Å². The Labute approximate surface area is 111 Å². The molecule has 0 spiro atoms. The Bertz CT molecular complexity index is 591. The third-order valence-corrected chi connectivity index (χ3v) is 2.69. The third kappa shape index (κ3) is 2.85. The van der Waals surface area contributed by atoms with E-state index in [1.807, 2.05) is 30.3 Å². The number of nitrogens with zero attached hydrogens (tertiary/aromatic N) is 1. The van der Waals surface area contributed by atoms with Crippen LogP contribution in [0.1, 0.15) is 12.5 Å². The van der Waals surface area contributed by atoms with Crippen LogP contribution < -0.4 is 4.90 Å². The van der Waals surface area contributed by atoms with Crippen molar-refractivity contribution >= 4 is 17.4 Å². The molecule has 96 valence electrons. The van der Waals surface area contributed by atoms with Gasteiger partial charge in [0.15, 0.2) is 0 Å². The summed E-state index contributed by atoms with van der Waals surface area (Å²) in [6.45, 7) is 1.62. The molecule has 0 amide bonds. The molecule has 0 unspecified atom stereocenters. The zero-order chi connectivity index (χ0) is 13.8. The van der Waals surface area contributed by atoms with Crippen LogP contribution in [0.2, 0.25) is 0 Å². The maximum absolute atomic E-state index is 12.9. The highest BCUT2D eigenvalue weighted by molar-refractivity contribution is 6.22. The van der Waals surface area contributed by atoms with E-state index in [4.69, 9.17) is 10.8 Å². The van der Waals surface area contributed by atoms with E-state index in [1.54, 1.807) is 6.92 Å². The molecule has 0 radical (unpaired) electrons. The Morgan fingerprint density at radius 1 is 0.947 bits per heavy atom. The minimum Gasteiger partial charge on any atom is -0.288 e. The summed E-state index contributed by atoms with van der Waals surface area (Å²) in [5, 5.41) is 16.0. The molecule has 0 fully saturated rings. The first-order valence-corrected chi connectivity index (χ1v) is 5.84. The van der Waals surface area contributed by atoms with Crippen molar-refractivity contribution in [2.45, 2.75) is 6.92 Å². The molecule has 0 saturated heterocycles. The van der Waals surface area contributed by atoms with E-state index < -0.39 is 0 Å². The van der Waals surface area contributed by atoms with Crippen molar-refractivity contribution in [3.63, 3.8) is 0 Å². The standard InChI is InChI=1S/C15H14FN3/c1-11(17)19(14-5-3-2-4-6-14)15(18)12-7-9-13(16)10-8-12/h2-10,17-18H,1H3. The summed E-state index contributed by atoms with van der Waals surface area (Å²) < 4.78 is 12.9. The molecule has 19 heavy (non-hydrogen) atoms. The van der Waals surface area contributed by atoms with E-state index in [0.29, 0.717) is 5.56 Å². The summed E-state index contributed by atoms with van der Waals surface area (Å²) in [5.41, 5.74) is 1.31. The van der Waals surface area contributed by atoms with Crippen LogP contribution in [-0.4, -0.2) is 11.7 Å². The first-order valence-electron chi connectivity index (χ1n) is 5.84. The topological polar surface area (TPSA) is 50.9 Å². The van der Waals surface area contributed by atoms with Crippen LogP contribution in [0, 0.1) is 16.6 Å². The Hall–Kier alpha value is -2.49. The fourth-order valence-corrected chi connectivity index (χ4v) is 1.80. The number of hydrogen-bond acceptors (Lipinski definition) is 2. The molecule has 0 saturated carbocycles. The summed E-state index contributed by atoms with van der Waals surface area (Å²) in [4.78, 5) is 1.51. The molecular formula is C15H14FN3. The second-order valence-corrected chi connectivity index (χ2v) is 4.11. The summed E-state index contributed by atoms with van der Waals surface area (Å²) in [6, 6.07) is 14.9. The second-order valence-electron chi connectivity index (χ2n) is 4.11. The fourth-order valence-electron chi connectivity index (χ4n) is 1.80. The molecule has 2 N–H and O–H groups in total. The molecule has 0 aliphatic rings. The van der Waals surface area contributed by atoms with Crippen molar-refractivity contribution in [2.24, 2.45) is 0 Å². The Morgan fingerprint density at radius 3 is 2.05 bits per heavy atom. The molecule has 0 aromatic heterocycles. The van der Waals surface area contributed by atoms with Gasteiger partial charge in [-0.1, -0.05) is 18.2 Å². The number of anilines is 1. The predicted molar refractivity (Wildman–Crippen MR) is 75.6 cm³/mol. The van der Waals surface area contributed by atoms with E-state index >= 15 is 0 Å². The van der Waals surface area contributed by atoms with Gasteiger partial charge in [0.05, 0.1) is 0 Å². The Kier molecular flexibility index (Phi) is 3.71. The monoisotopic (exact) mass is 255 g/mol. The molecule has 2 rings (SSSR count). The number of para-hydroxylation sites is 1. The van der Waals surface area contributed by atoms with E-state index in [1.165, 1.54) is 29.2 Å². The number of benzene rings is 2. The smallest absolute Gasteiger partial charge is 0.138 e. The van der Waals surface area contributed by atoms with Gasteiger partial charge in [-0.3, -0.25) is 15.7 Å². The molecule has 4 heteroatoms. The summed E-state index contributed by atoms with van der Waals surface area (Å²) >= 11 is 0. The highest BCUT2D eigenvalue weighted by atomic mass is 19.1. The lowest BCUT2D eigenvalue weighted by atomic mass is 10.1. The van der Waals surface area contributed by atoms with Gasteiger partial charge in [0.1, 0.15) is 17.5 Å². The van der Waals surface area contributed by atoms with E-state index in [2.05, 4.69) is 0 Å². The van der Waals surface area contributed by atoms with E-state index in [9.17, 15) is 4.39 Å². The average molecular weight is 255 g/mol. The minimum atomic E-state index is -0.339. The van der Waals surface area contributed by atoms with Crippen molar-refractivity contribution in [1.29, 1.82) is 10.8 Å². The first-order chi connectivity index (χ1) is 9.09. The van der Waals surface area contributed by atoms with Gasteiger partial charge < -0.3 is 0 Å². The lowest BCUT2D eigenvalue weighted by Crippen LogP contribution is -2.34. The van der Waals surface area contributed by atoms with Gasteiger partial charge in [-0.2, -0.15) is 0 Å². The number of halogens is 1. The van der Waals surface area contributed by atoms with E-state index in [-0.39, 0.29) is 17.5 Å². The van der Waals surface area contributed by atoms with Crippen LogP contribution in [0.25, 0.3) is 0 Å². The number of hydrogen-bond donors (Lipinski definition) is 2.